The SMILES string of the molecule is CC(=O)OCc1ccc(CC(=O)OC2/C=C/CCCCC2)c(C(=O)CCCN2C(=O)CC(C)C2=O)c1. The number of carbonyl (C=O) groups excluding carboxylic acids is 5. The van der Waals surface area contributed by atoms with Crippen molar-refractivity contribution in [3.05, 3.63) is 47.0 Å². The lowest BCUT2D eigenvalue weighted by Gasteiger charge is -2.17. The van der Waals surface area contributed by atoms with E-state index in [9.17, 15) is 24.0 Å². The van der Waals surface area contributed by atoms with Gasteiger partial charge in [0.05, 0.1) is 6.42 Å². The zero-order valence-electron chi connectivity index (χ0n) is 21.1. The Morgan fingerprint density at radius 3 is 2.64 bits per heavy atom. The standard InChI is InChI=1S/C28H35NO7/c1-19-15-26(32)29(28(19)34)14-8-11-25(31)24-16-21(18-35-20(2)30)12-13-22(24)17-27(33)36-23-9-6-4-3-5-7-10-23/h6,9,12-13,16,19,23H,3-5,7-8,10-11,14-15,17-18H2,1-2H3/b9-6+. The molecule has 0 aromatic heterocycles. The van der Waals surface area contributed by atoms with Crippen LogP contribution in [0.25, 0.3) is 0 Å². The molecule has 0 N–H and O–H groups in total. The van der Waals surface area contributed by atoms with Gasteiger partial charge >= 0.3 is 11.9 Å². The van der Waals surface area contributed by atoms with Crippen molar-refractivity contribution in [2.45, 2.75) is 84.3 Å². The number of carbonyl (C=O) groups is 5. The number of nitrogens with zero attached hydrogens (tertiary/aromatic N) is 1. The van der Waals surface area contributed by atoms with E-state index in [1.54, 1.807) is 25.1 Å². The Labute approximate surface area is 212 Å². The number of rotatable bonds is 10. The Morgan fingerprint density at radius 1 is 1.11 bits per heavy atom. The van der Waals surface area contributed by atoms with Gasteiger partial charge in [-0.25, -0.2) is 0 Å². The maximum atomic E-state index is 13.2. The molecular formula is C28H35NO7. The summed E-state index contributed by atoms with van der Waals surface area (Å²) in [5.41, 5.74) is 1.53. The van der Waals surface area contributed by atoms with Gasteiger partial charge in [-0.15, -0.1) is 0 Å². The largest absolute Gasteiger partial charge is 0.461 e. The first-order chi connectivity index (χ1) is 17.2. The van der Waals surface area contributed by atoms with Crippen molar-refractivity contribution in [1.82, 2.24) is 4.90 Å². The van der Waals surface area contributed by atoms with Crippen molar-refractivity contribution in [3.63, 3.8) is 0 Å². The summed E-state index contributed by atoms with van der Waals surface area (Å²) in [6, 6.07) is 5.05. The summed E-state index contributed by atoms with van der Waals surface area (Å²) in [5, 5.41) is 0. The molecule has 3 rings (SSSR count). The third-order valence-corrected chi connectivity index (χ3v) is 6.50. The number of likely N-dealkylation sites (tertiary alicyclic amines) is 1. The van der Waals surface area contributed by atoms with E-state index in [2.05, 4.69) is 0 Å². The summed E-state index contributed by atoms with van der Waals surface area (Å²) in [6.07, 6.45) is 9.30. The molecule has 1 aromatic carbocycles. The number of ketones is 1. The van der Waals surface area contributed by atoms with Gasteiger partial charge in [-0.1, -0.05) is 31.6 Å². The topological polar surface area (TPSA) is 107 Å². The van der Waals surface area contributed by atoms with Crippen LogP contribution in [0, 0.1) is 5.92 Å². The van der Waals surface area contributed by atoms with Gasteiger partial charge in [0.1, 0.15) is 12.7 Å². The van der Waals surface area contributed by atoms with E-state index in [0.29, 0.717) is 23.1 Å². The molecule has 2 atom stereocenters. The fraction of sp³-hybridized carbons (Fsp3) is 0.536. The first kappa shape index (κ1) is 27.3. The molecule has 1 saturated heterocycles. The molecule has 0 radical (unpaired) electrons. The number of Topliss-reactive ketones (excluding diaryl/α,β-unsaturated/α-hetero) is 1. The lowest BCUT2D eigenvalue weighted by atomic mass is 9.96. The molecular weight excluding hydrogens is 462 g/mol. The molecule has 0 spiro atoms. The average Bonchev–Trinajstić information content (AvgIpc) is 3.05. The molecule has 8 heteroatoms. The van der Waals surface area contributed by atoms with E-state index in [4.69, 9.17) is 9.47 Å². The van der Waals surface area contributed by atoms with Crippen molar-refractivity contribution >= 4 is 29.5 Å². The highest BCUT2D eigenvalue weighted by atomic mass is 16.5. The number of esters is 2. The molecule has 1 aliphatic carbocycles. The summed E-state index contributed by atoms with van der Waals surface area (Å²) >= 11 is 0. The lowest BCUT2D eigenvalue weighted by molar-refractivity contribution is -0.146. The van der Waals surface area contributed by atoms with E-state index in [0.717, 1.165) is 32.1 Å². The number of ether oxygens (including phenoxy) is 2. The van der Waals surface area contributed by atoms with Crippen molar-refractivity contribution in [1.29, 1.82) is 0 Å². The molecule has 2 amide bonds. The molecule has 8 nitrogen and oxygen atoms in total. The van der Waals surface area contributed by atoms with Crippen LogP contribution in [0.5, 0.6) is 0 Å². The van der Waals surface area contributed by atoms with Gasteiger partial charge in [0.25, 0.3) is 0 Å². The van der Waals surface area contributed by atoms with Crippen LogP contribution in [0.2, 0.25) is 0 Å². The fourth-order valence-electron chi connectivity index (χ4n) is 4.52. The molecule has 1 heterocycles. The van der Waals surface area contributed by atoms with Crippen LogP contribution >= 0.6 is 0 Å². The van der Waals surface area contributed by atoms with E-state index in [-0.39, 0.29) is 62.0 Å². The Balaban J connectivity index is 1.68. The molecule has 2 aliphatic rings. The summed E-state index contributed by atoms with van der Waals surface area (Å²) in [7, 11) is 0. The third-order valence-electron chi connectivity index (χ3n) is 6.50. The molecule has 1 aliphatic heterocycles. The quantitative estimate of drug-likeness (QED) is 0.207. The van der Waals surface area contributed by atoms with Crippen LogP contribution in [-0.2, 0) is 41.7 Å². The average molecular weight is 498 g/mol. The zero-order valence-corrected chi connectivity index (χ0v) is 21.1. The minimum atomic E-state index is -0.433. The fourth-order valence-corrected chi connectivity index (χ4v) is 4.52. The lowest BCUT2D eigenvalue weighted by Crippen LogP contribution is -2.31. The summed E-state index contributed by atoms with van der Waals surface area (Å²) in [4.78, 5) is 62.5. The number of amides is 2. The maximum absolute atomic E-state index is 13.2. The predicted octanol–water partition coefficient (Wildman–Crippen LogP) is 4.08. The second-order valence-corrected chi connectivity index (χ2v) is 9.56. The predicted molar refractivity (Wildman–Crippen MR) is 132 cm³/mol. The van der Waals surface area contributed by atoms with Crippen LogP contribution in [0.15, 0.2) is 30.4 Å². The first-order valence-electron chi connectivity index (χ1n) is 12.7. The highest BCUT2D eigenvalue weighted by molar-refractivity contribution is 6.03. The highest BCUT2D eigenvalue weighted by Gasteiger charge is 2.35. The Bertz CT molecular complexity index is 1030. The third kappa shape index (κ3) is 7.86. The van der Waals surface area contributed by atoms with Gasteiger partial charge in [0.2, 0.25) is 11.8 Å². The van der Waals surface area contributed by atoms with Crippen LogP contribution in [0.4, 0.5) is 0 Å². The van der Waals surface area contributed by atoms with Crippen LogP contribution in [-0.4, -0.2) is 47.1 Å². The van der Waals surface area contributed by atoms with Crippen molar-refractivity contribution < 1.29 is 33.4 Å². The monoisotopic (exact) mass is 497 g/mol. The number of benzene rings is 1. The van der Waals surface area contributed by atoms with Crippen LogP contribution in [0.3, 0.4) is 0 Å². The number of hydrogen-bond donors (Lipinski definition) is 0. The molecule has 2 unspecified atom stereocenters. The van der Waals surface area contributed by atoms with E-state index >= 15 is 0 Å². The number of allylic oxidation sites excluding steroid dienone is 1. The minimum absolute atomic E-state index is 0.0158. The maximum Gasteiger partial charge on any atom is 0.310 e. The Morgan fingerprint density at radius 2 is 1.92 bits per heavy atom. The smallest absolute Gasteiger partial charge is 0.310 e. The molecule has 0 bridgehead atoms. The second kappa shape index (κ2) is 13.1. The zero-order chi connectivity index (χ0) is 26.1. The second-order valence-electron chi connectivity index (χ2n) is 9.56. The van der Waals surface area contributed by atoms with E-state index < -0.39 is 11.9 Å². The van der Waals surface area contributed by atoms with Gasteiger partial charge in [-0.3, -0.25) is 28.9 Å². The summed E-state index contributed by atoms with van der Waals surface area (Å²) < 4.78 is 10.7. The van der Waals surface area contributed by atoms with E-state index in [1.165, 1.54) is 11.8 Å². The van der Waals surface area contributed by atoms with Gasteiger partial charge in [-0.05, 0) is 55.4 Å². The molecule has 1 fully saturated rings. The number of imide groups is 1. The van der Waals surface area contributed by atoms with E-state index in [1.807, 2.05) is 12.2 Å². The molecule has 36 heavy (non-hydrogen) atoms. The summed E-state index contributed by atoms with van der Waals surface area (Å²) in [5.74, 6) is -1.79. The van der Waals surface area contributed by atoms with Crippen LogP contribution in [0.1, 0.15) is 86.7 Å². The molecule has 0 saturated carbocycles. The molecule has 194 valence electrons. The summed E-state index contributed by atoms with van der Waals surface area (Å²) in [6.45, 7) is 3.23. The Hall–Kier alpha value is -3.29. The van der Waals surface area contributed by atoms with Crippen molar-refractivity contribution in [2.24, 2.45) is 5.92 Å². The van der Waals surface area contributed by atoms with Crippen molar-refractivity contribution in [3.8, 4) is 0 Å². The van der Waals surface area contributed by atoms with Gasteiger partial charge in [0.15, 0.2) is 5.78 Å². The van der Waals surface area contributed by atoms with Crippen molar-refractivity contribution in [2.75, 3.05) is 6.54 Å². The van der Waals surface area contributed by atoms with Gasteiger partial charge < -0.3 is 9.47 Å². The van der Waals surface area contributed by atoms with Crippen LogP contribution < -0.4 is 0 Å². The number of hydrogen-bond acceptors (Lipinski definition) is 7. The van der Waals surface area contributed by atoms with Gasteiger partial charge in [0, 0.05) is 37.8 Å². The molecule has 1 aromatic rings. The first-order valence-corrected chi connectivity index (χ1v) is 12.7. The normalized spacial score (nSPS) is 21.0. The van der Waals surface area contributed by atoms with Gasteiger partial charge in [-0.2, -0.15) is 0 Å². The Kier molecular flexibility index (Phi) is 9.96. The minimum Gasteiger partial charge on any atom is -0.461 e. The highest BCUT2D eigenvalue weighted by Crippen LogP contribution is 2.22.